The standard InChI is InChI=1S/C29H37F5O/c1-3-5-6-8-20-9-12-22(13-10-20)24-15-16-25(28(32)27(24)31)29(33,34)35-18-17-23-14-11-21(7-4-2)19-26(23)30/h11,14-16,19-20,22H,3-10,12-13,17-18H2,1-2H3. The summed E-state index contributed by atoms with van der Waals surface area (Å²) in [7, 11) is 0. The molecule has 194 valence electrons. The molecule has 0 amide bonds. The molecule has 1 nitrogen and oxygen atoms in total. The van der Waals surface area contributed by atoms with Crippen molar-refractivity contribution >= 4 is 0 Å². The summed E-state index contributed by atoms with van der Waals surface area (Å²) in [6, 6.07) is 6.91. The molecule has 0 atom stereocenters. The smallest absolute Gasteiger partial charge is 0.316 e. The molecular formula is C29H37F5O. The zero-order chi connectivity index (χ0) is 25.4. The summed E-state index contributed by atoms with van der Waals surface area (Å²) in [5.74, 6) is -2.81. The minimum absolute atomic E-state index is 0.0997. The molecule has 0 radical (unpaired) electrons. The lowest BCUT2D eigenvalue weighted by atomic mass is 9.76. The molecule has 1 saturated carbocycles. The number of rotatable bonds is 12. The molecule has 0 unspecified atom stereocenters. The summed E-state index contributed by atoms with van der Waals surface area (Å²) in [6.45, 7) is 3.62. The number of unbranched alkanes of at least 4 members (excludes halogenated alkanes) is 2. The maximum absolute atomic E-state index is 14.8. The van der Waals surface area contributed by atoms with Gasteiger partial charge in [0.05, 0.1) is 12.2 Å². The molecule has 1 aliphatic rings. The highest BCUT2D eigenvalue weighted by atomic mass is 19.3. The largest absolute Gasteiger partial charge is 0.386 e. The second-order valence-corrected chi connectivity index (χ2v) is 9.83. The fourth-order valence-electron chi connectivity index (χ4n) is 5.15. The molecule has 2 aromatic rings. The predicted octanol–water partition coefficient (Wildman–Crippen LogP) is 9.22. The quantitative estimate of drug-likeness (QED) is 0.210. The van der Waals surface area contributed by atoms with Gasteiger partial charge in [-0.15, -0.1) is 0 Å². The molecule has 0 saturated heterocycles. The Morgan fingerprint density at radius 3 is 2.26 bits per heavy atom. The molecule has 1 fully saturated rings. The van der Waals surface area contributed by atoms with E-state index in [9.17, 15) is 22.0 Å². The Morgan fingerprint density at radius 1 is 0.857 bits per heavy atom. The fourth-order valence-corrected chi connectivity index (χ4v) is 5.15. The number of alkyl halides is 2. The summed E-state index contributed by atoms with van der Waals surface area (Å²) >= 11 is 0. The van der Waals surface area contributed by atoms with Gasteiger partial charge in [-0.05, 0) is 79.2 Å². The van der Waals surface area contributed by atoms with Crippen LogP contribution >= 0.6 is 0 Å². The SMILES string of the molecule is CCCCCC1CCC(c2ccc(C(F)(F)OCCc3ccc(CCC)cc3F)c(F)c2F)CC1. The van der Waals surface area contributed by atoms with Gasteiger partial charge in [-0.25, -0.2) is 13.2 Å². The number of benzene rings is 2. The van der Waals surface area contributed by atoms with E-state index in [2.05, 4.69) is 11.7 Å². The van der Waals surface area contributed by atoms with E-state index in [1.807, 2.05) is 6.92 Å². The first-order chi connectivity index (χ1) is 16.8. The lowest BCUT2D eigenvalue weighted by molar-refractivity contribution is -0.250. The fraction of sp³-hybridized carbons (Fsp3) is 0.586. The molecule has 6 heteroatoms. The van der Waals surface area contributed by atoms with E-state index in [4.69, 9.17) is 0 Å². The van der Waals surface area contributed by atoms with Crippen molar-refractivity contribution in [1.29, 1.82) is 0 Å². The van der Waals surface area contributed by atoms with E-state index in [1.165, 1.54) is 31.4 Å². The Kier molecular flexibility index (Phi) is 10.1. The summed E-state index contributed by atoms with van der Waals surface area (Å²) in [4.78, 5) is 0. The third kappa shape index (κ3) is 7.28. The summed E-state index contributed by atoms with van der Waals surface area (Å²) in [5, 5.41) is 0. The van der Waals surface area contributed by atoms with Crippen LogP contribution in [-0.2, 0) is 23.7 Å². The summed E-state index contributed by atoms with van der Waals surface area (Å²) in [5.41, 5.74) is 0.129. The van der Waals surface area contributed by atoms with Crippen LogP contribution in [0.25, 0.3) is 0 Å². The third-order valence-corrected chi connectivity index (χ3v) is 7.24. The van der Waals surface area contributed by atoms with E-state index in [1.54, 1.807) is 12.1 Å². The van der Waals surface area contributed by atoms with Crippen molar-refractivity contribution in [3.63, 3.8) is 0 Å². The van der Waals surface area contributed by atoms with E-state index in [-0.39, 0.29) is 23.5 Å². The normalized spacial score (nSPS) is 18.7. The second-order valence-electron chi connectivity index (χ2n) is 9.83. The average Bonchev–Trinajstić information content (AvgIpc) is 2.83. The van der Waals surface area contributed by atoms with Gasteiger partial charge in [0.2, 0.25) is 0 Å². The molecule has 0 aromatic heterocycles. The number of hydrogen-bond acceptors (Lipinski definition) is 1. The first-order valence-corrected chi connectivity index (χ1v) is 13.0. The van der Waals surface area contributed by atoms with E-state index in [0.29, 0.717) is 5.92 Å². The molecule has 0 bridgehead atoms. The van der Waals surface area contributed by atoms with Crippen molar-refractivity contribution < 1.29 is 26.7 Å². The van der Waals surface area contributed by atoms with Gasteiger partial charge in [-0.1, -0.05) is 64.2 Å². The highest BCUT2D eigenvalue weighted by molar-refractivity contribution is 5.31. The van der Waals surface area contributed by atoms with Crippen molar-refractivity contribution in [2.24, 2.45) is 5.92 Å². The molecule has 1 aliphatic carbocycles. The summed E-state index contributed by atoms with van der Waals surface area (Å²) < 4.78 is 77.6. The van der Waals surface area contributed by atoms with Gasteiger partial charge in [0.1, 0.15) is 5.82 Å². The molecule has 3 rings (SSSR count). The maximum atomic E-state index is 14.8. The van der Waals surface area contributed by atoms with Crippen molar-refractivity contribution in [2.75, 3.05) is 6.61 Å². The van der Waals surface area contributed by atoms with Crippen molar-refractivity contribution in [3.8, 4) is 0 Å². The Hall–Kier alpha value is -1.95. The van der Waals surface area contributed by atoms with Crippen LogP contribution in [-0.4, -0.2) is 6.61 Å². The molecule has 0 aliphatic heterocycles. The zero-order valence-corrected chi connectivity index (χ0v) is 20.8. The molecular weight excluding hydrogens is 459 g/mol. The van der Waals surface area contributed by atoms with Crippen LogP contribution in [0.2, 0.25) is 0 Å². The van der Waals surface area contributed by atoms with Crippen LogP contribution < -0.4 is 0 Å². The summed E-state index contributed by atoms with van der Waals surface area (Å²) in [6.07, 6.45) is 5.59. The number of aryl methyl sites for hydroxylation is 1. The molecule has 2 aromatic carbocycles. The van der Waals surface area contributed by atoms with Crippen LogP contribution in [0.4, 0.5) is 22.0 Å². The number of hydrogen-bond donors (Lipinski definition) is 0. The van der Waals surface area contributed by atoms with Gasteiger partial charge >= 0.3 is 6.11 Å². The van der Waals surface area contributed by atoms with Crippen molar-refractivity contribution in [3.05, 3.63) is 70.0 Å². The zero-order valence-electron chi connectivity index (χ0n) is 20.8. The van der Waals surface area contributed by atoms with Crippen LogP contribution in [0, 0.1) is 23.4 Å². The van der Waals surface area contributed by atoms with Gasteiger partial charge in [0.25, 0.3) is 0 Å². The molecule has 0 heterocycles. The topological polar surface area (TPSA) is 9.23 Å². The maximum Gasteiger partial charge on any atom is 0.386 e. The lowest BCUT2D eigenvalue weighted by Gasteiger charge is -2.29. The number of ether oxygens (including phenoxy) is 1. The molecule has 35 heavy (non-hydrogen) atoms. The van der Waals surface area contributed by atoms with Crippen LogP contribution in [0.3, 0.4) is 0 Å². The monoisotopic (exact) mass is 496 g/mol. The van der Waals surface area contributed by atoms with Crippen molar-refractivity contribution in [2.45, 2.75) is 96.5 Å². The Labute approximate surface area is 206 Å². The van der Waals surface area contributed by atoms with Gasteiger partial charge in [0, 0.05) is 0 Å². The predicted molar refractivity (Wildman–Crippen MR) is 129 cm³/mol. The van der Waals surface area contributed by atoms with Crippen LogP contribution in [0.5, 0.6) is 0 Å². The van der Waals surface area contributed by atoms with E-state index >= 15 is 0 Å². The minimum atomic E-state index is -4.01. The van der Waals surface area contributed by atoms with E-state index < -0.39 is 35.7 Å². The number of halogens is 5. The Balaban J connectivity index is 1.60. The van der Waals surface area contributed by atoms with Gasteiger partial charge in [-0.3, -0.25) is 0 Å². The first-order valence-electron chi connectivity index (χ1n) is 13.0. The van der Waals surface area contributed by atoms with Crippen LogP contribution in [0.15, 0.2) is 30.3 Å². The van der Waals surface area contributed by atoms with Gasteiger partial charge in [-0.2, -0.15) is 8.78 Å². The molecule has 0 spiro atoms. The first kappa shape index (κ1) is 27.6. The Morgan fingerprint density at radius 2 is 1.60 bits per heavy atom. The van der Waals surface area contributed by atoms with Crippen LogP contribution in [0.1, 0.15) is 99.8 Å². The highest BCUT2D eigenvalue weighted by Gasteiger charge is 2.38. The Bertz CT molecular complexity index is 950. The highest BCUT2D eigenvalue weighted by Crippen LogP contribution is 2.41. The van der Waals surface area contributed by atoms with E-state index in [0.717, 1.165) is 56.6 Å². The molecule has 0 N–H and O–H groups in total. The second kappa shape index (κ2) is 12.8. The lowest BCUT2D eigenvalue weighted by Crippen LogP contribution is -2.23. The minimum Gasteiger partial charge on any atom is -0.316 e. The van der Waals surface area contributed by atoms with Gasteiger partial charge < -0.3 is 4.74 Å². The van der Waals surface area contributed by atoms with Gasteiger partial charge in [0.15, 0.2) is 11.6 Å². The average molecular weight is 497 g/mol. The third-order valence-electron chi connectivity index (χ3n) is 7.24. The van der Waals surface area contributed by atoms with Crippen molar-refractivity contribution in [1.82, 2.24) is 0 Å².